The highest BCUT2D eigenvalue weighted by molar-refractivity contribution is 5.65. The molecule has 0 aromatic carbocycles. The molecule has 104 valence electrons. The van der Waals surface area contributed by atoms with Crippen molar-refractivity contribution in [3.05, 3.63) is 46.4 Å². The van der Waals surface area contributed by atoms with E-state index in [2.05, 4.69) is 23.4 Å². The molecule has 2 aromatic heterocycles. The fourth-order valence-corrected chi connectivity index (χ4v) is 2.86. The quantitative estimate of drug-likeness (QED) is 0.842. The van der Waals surface area contributed by atoms with Gasteiger partial charge in [-0.1, -0.05) is 13.8 Å². The van der Waals surface area contributed by atoms with Crippen LogP contribution in [0.25, 0.3) is 11.3 Å². The largest absolute Gasteiger partial charge is 0.481 e. The van der Waals surface area contributed by atoms with Crippen molar-refractivity contribution in [1.82, 2.24) is 9.55 Å². The second-order valence-electron chi connectivity index (χ2n) is 5.55. The number of methoxy groups -OCH3 is 1. The van der Waals surface area contributed by atoms with Crippen LogP contribution in [0.15, 0.2) is 35.4 Å². The molecule has 3 heterocycles. The predicted octanol–water partition coefficient (Wildman–Crippen LogP) is 2.67. The van der Waals surface area contributed by atoms with E-state index in [4.69, 9.17) is 4.74 Å². The maximum absolute atomic E-state index is 11.7. The summed E-state index contributed by atoms with van der Waals surface area (Å²) in [6, 6.07) is 5.65. The van der Waals surface area contributed by atoms with Gasteiger partial charge in [0.05, 0.1) is 12.8 Å². The Balaban J connectivity index is 2.23. The molecule has 4 heteroatoms. The first kappa shape index (κ1) is 12.9. The van der Waals surface area contributed by atoms with Crippen LogP contribution in [-0.2, 0) is 6.42 Å². The molecule has 4 nitrogen and oxygen atoms in total. The summed E-state index contributed by atoms with van der Waals surface area (Å²) >= 11 is 0. The van der Waals surface area contributed by atoms with Crippen LogP contribution >= 0.6 is 0 Å². The fourth-order valence-electron chi connectivity index (χ4n) is 2.86. The third-order valence-electron chi connectivity index (χ3n) is 3.96. The maximum Gasteiger partial charge on any atom is 0.213 e. The smallest absolute Gasteiger partial charge is 0.213 e. The van der Waals surface area contributed by atoms with E-state index >= 15 is 0 Å². The Morgan fingerprint density at radius 2 is 2.20 bits per heavy atom. The third-order valence-corrected chi connectivity index (χ3v) is 3.96. The molecule has 0 amide bonds. The second-order valence-corrected chi connectivity index (χ2v) is 5.55. The van der Waals surface area contributed by atoms with E-state index in [1.165, 1.54) is 5.56 Å². The van der Waals surface area contributed by atoms with Gasteiger partial charge in [-0.15, -0.1) is 0 Å². The molecule has 1 atom stereocenters. The van der Waals surface area contributed by atoms with Crippen molar-refractivity contribution < 1.29 is 4.74 Å². The lowest BCUT2D eigenvalue weighted by atomic mass is 9.88. The van der Waals surface area contributed by atoms with E-state index < -0.39 is 0 Å². The lowest BCUT2D eigenvalue weighted by Crippen LogP contribution is -2.25. The zero-order chi connectivity index (χ0) is 14.3. The van der Waals surface area contributed by atoms with Crippen molar-refractivity contribution >= 4 is 0 Å². The van der Waals surface area contributed by atoms with Crippen LogP contribution in [0.2, 0.25) is 0 Å². The molecular formula is C16H18N2O2. The molecule has 0 N–H and O–H groups in total. The number of hydrogen-bond acceptors (Lipinski definition) is 3. The predicted molar refractivity (Wildman–Crippen MR) is 78.1 cm³/mol. The van der Waals surface area contributed by atoms with Gasteiger partial charge in [0.2, 0.25) is 5.88 Å². The minimum absolute atomic E-state index is 0.0300. The van der Waals surface area contributed by atoms with Crippen molar-refractivity contribution in [3.8, 4) is 17.1 Å². The van der Waals surface area contributed by atoms with Crippen LogP contribution in [0.3, 0.4) is 0 Å². The zero-order valence-corrected chi connectivity index (χ0v) is 12.0. The molecule has 0 saturated carbocycles. The number of hydrogen-bond donors (Lipinski definition) is 0. The first-order valence-corrected chi connectivity index (χ1v) is 6.85. The second kappa shape index (κ2) is 4.78. The number of pyridine rings is 2. The molecule has 20 heavy (non-hydrogen) atoms. The Hall–Kier alpha value is -2.10. The van der Waals surface area contributed by atoms with E-state index in [0.29, 0.717) is 17.8 Å². The first-order chi connectivity index (χ1) is 9.60. The zero-order valence-electron chi connectivity index (χ0n) is 12.0. The summed E-state index contributed by atoms with van der Waals surface area (Å²) < 4.78 is 7.41. The molecule has 3 rings (SSSR count). The van der Waals surface area contributed by atoms with E-state index in [-0.39, 0.29) is 5.43 Å². The van der Waals surface area contributed by atoms with Crippen LogP contribution < -0.4 is 10.2 Å². The SMILES string of the molecule is COc1cc2c(cn1)-c1cc(=O)ccn1C(C(C)C)C2. The molecular weight excluding hydrogens is 252 g/mol. The lowest BCUT2D eigenvalue weighted by Gasteiger charge is -2.32. The van der Waals surface area contributed by atoms with E-state index in [0.717, 1.165) is 17.7 Å². The minimum atomic E-state index is 0.0300. The number of ether oxygens (including phenoxy) is 1. The van der Waals surface area contributed by atoms with Gasteiger partial charge >= 0.3 is 0 Å². The number of aromatic nitrogens is 2. The third kappa shape index (κ3) is 2.01. The van der Waals surface area contributed by atoms with Crippen LogP contribution in [-0.4, -0.2) is 16.7 Å². The van der Waals surface area contributed by atoms with Gasteiger partial charge in [-0.2, -0.15) is 0 Å². The van der Waals surface area contributed by atoms with Crippen molar-refractivity contribution in [2.75, 3.05) is 7.11 Å². The van der Waals surface area contributed by atoms with Crippen LogP contribution in [0.5, 0.6) is 5.88 Å². The summed E-state index contributed by atoms with van der Waals surface area (Å²) in [5.74, 6) is 1.11. The Morgan fingerprint density at radius 3 is 2.90 bits per heavy atom. The highest BCUT2D eigenvalue weighted by Gasteiger charge is 2.26. The van der Waals surface area contributed by atoms with Gasteiger partial charge in [0, 0.05) is 42.2 Å². The Kier molecular flexibility index (Phi) is 3.08. The summed E-state index contributed by atoms with van der Waals surface area (Å²) in [5, 5.41) is 0. The average Bonchev–Trinajstić information content (AvgIpc) is 2.45. The Bertz CT molecular complexity index is 704. The molecule has 0 spiro atoms. The molecule has 0 saturated heterocycles. The van der Waals surface area contributed by atoms with Gasteiger partial charge < -0.3 is 9.30 Å². The maximum atomic E-state index is 11.7. The van der Waals surface area contributed by atoms with Gasteiger partial charge in [-0.3, -0.25) is 4.79 Å². The van der Waals surface area contributed by atoms with Gasteiger partial charge in [-0.25, -0.2) is 4.98 Å². The average molecular weight is 270 g/mol. The van der Waals surface area contributed by atoms with Crippen molar-refractivity contribution in [3.63, 3.8) is 0 Å². The van der Waals surface area contributed by atoms with E-state index in [9.17, 15) is 4.79 Å². The first-order valence-electron chi connectivity index (χ1n) is 6.85. The van der Waals surface area contributed by atoms with Crippen molar-refractivity contribution in [2.24, 2.45) is 5.92 Å². The summed E-state index contributed by atoms with van der Waals surface area (Å²) in [5.41, 5.74) is 3.21. The lowest BCUT2D eigenvalue weighted by molar-refractivity contribution is 0.365. The van der Waals surface area contributed by atoms with Gasteiger partial charge in [0.1, 0.15) is 0 Å². The summed E-state index contributed by atoms with van der Waals surface area (Å²) in [7, 11) is 1.62. The molecule has 1 unspecified atom stereocenters. The highest BCUT2D eigenvalue weighted by Crippen LogP contribution is 2.37. The van der Waals surface area contributed by atoms with Crippen molar-refractivity contribution in [1.29, 1.82) is 0 Å². The monoisotopic (exact) mass is 270 g/mol. The van der Waals surface area contributed by atoms with Crippen LogP contribution in [0, 0.1) is 5.92 Å². The molecule has 0 aliphatic carbocycles. The summed E-state index contributed by atoms with van der Waals surface area (Å²) in [6.45, 7) is 4.41. The van der Waals surface area contributed by atoms with Crippen molar-refractivity contribution in [2.45, 2.75) is 26.3 Å². The standard InChI is InChI=1S/C16H18N2O2/c1-10(2)14-6-11-7-16(20-3)17-9-13(11)15-8-12(19)4-5-18(14)15/h4-5,7-10,14H,6H2,1-3H3. The number of nitrogens with zero attached hydrogens (tertiary/aromatic N) is 2. The summed E-state index contributed by atoms with van der Waals surface area (Å²) in [4.78, 5) is 16.0. The van der Waals surface area contributed by atoms with Crippen LogP contribution in [0.4, 0.5) is 0 Å². The van der Waals surface area contributed by atoms with E-state index in [1.54, 1.807) is 25.4 Å². The minimum Gasteiger partial charge on any atom is -0.481 e. The Morgan fingerprint density at radius 1 is 1.40 bits per heavy atom. The molecule has 1 aliphatic rings. The summed E-state index contributed by atoms with van der Waals surface area (Å²) in [6.07, 6.45) is 4.63. The topological polar surface area (TPSA) is 44.1 Å². The normalized spacial score (nSPS) is 16.7. The number of fused-ring (bicyclic) bond motifs is 3. The molecule has 2 aromatic rings. The molecule has 0 radical (unpaired) electrons. The molecule has 0 bridgehead atoms. The van der Waals surface area contributed by atoms with Gasteiger partial charge in [0.25, 0.3) is 0 Å². The highest BCUT2D eigenvalue weighted by atomic mass is 16.5. The number of rotatable bonds is 2. The van der Waals surface area contributed by atoms with Gasteiger partial charge in [-0.05, 0) is 17.9 Å². The van der Waals surface area contributed by atoms with Gasteiger partial charge in [0.15, 0.2) is 5.43 Å². The van der Waals surface area contributed by atoms with Crippen LogP contribution in [0.1, 0.15) is 25.5 Å². The van der Waals surface area contributed by atoms with E-state index in [1.807, 2.05) is 12.3 Å². The molecule has 1 aliphatic heterocycles. The molecule has 0 fully saturated rings. The fraction of sp³-hybridized carbons (Fsp3) is 0.375. The Labute approximate surface area is 118 Å².